The average Bonchev–Trinajstić information content (AvgIpc) is 3.02. The van der Waals surface area contributed by atoms with Crippen LogP contribution in [-0.2, 0) is 0 Å². The zero-order valence-corrected chi connectivity index (χ0v) is 12.3. The van der Waals surface area contributed by atoms with Gasteiger partial charge in [0, 0.05) is 11.5 Å². The molecule has 0 saturated heterocycles. The van der Waals surface area contributed by atoms with E-state index in [0.717, 1.165) is 24.8 Å². The third kappa shape index (κ3) is 2.46. The van der Waals surface area contributed by atoms with Crippen molar-refractivity contribution < 1.29 is 14.3 Å². The molecule has 110 valence electrons. The fraction of sp³-hybridized carbons (Fsp3) is 0.412. The molecular weight excluding hydrogens is 266 g/mol. The lowest BCUT2D eigenvalue weighted by atomic mass is 9.80. The van der Waals surface area contributed by atoms with Gasteiger partial charge in [-0.15, -0.1) is 0 Å². The summed E-state index contributed by atoms with van der Waals surface area (Å²) in [5, 5.41) is 9.43. The minimum Gasteiger partial charge on any atom is -0.476 e. The van der Waals surface area contributed by atoms with Crippen LogP contribution in [0.4, 0.5) is 0 Å². The highest BCUT2D eigenvalue weighted by Crippen LogP contribution is 2.50. The Morgan fingerprint density at radius 1 is 1.33 bits per heavy atom. The van der Waals surface area contributed by atoms with Crippen LogP contribution in [0.1, 0.15) is 55.3 Å². The van der Waals surface area contributed by atoms with Gasteiger partial charge in [0.15, 0.2) is 5.69 Å². The minimum absolute atomic E-state index is 0.0533. The van der Waals surface area contributed by atoms with Crippen LogP contribution in [0.2, 0.25) is 0 Å². The molecule has 1 heterocycles. The van der Waals surface area contributed by atoms with Crippen molar-refractivity contribution in [2.24, 2.45) is 5.41 Å². The molecule has 1 aromatic carbocycles. The SMILES string of the molecule is CC1(C)CCCC1c1oc(-c2ccccc2)nc1C(=O)O. The van der Waals surface area contributed by atoms with Crippen LogP contribution in [0.25, 0.3) is 11.5 Å². The van der Waals surface area contributed by atoms with Crippen molar-refractivity contribution in [2.75, 3.05) is 0 Å². The van der Waals surface area contributed by atoms with Gasteiger partial charge in [-0.2, -0.15) is 0 Å². The Kier molecular flexibility index (Phi) is 3.32. The Labute approximate surface area is 123 Å². The molecule has 1 fully saturated rings. The van der Waals surface area contributed by atoms with Crippen molar-refractivity contribution in [3.8, 4) is 11.5 Å². The van der Waals surface area contributed by atoms with E-state index in [1.807, 2.05) is 30.3 Å². The molecule has 3 rings (SSSR count). The van der Waals surface area contributed by atoms with Gasteiger partial charge in [0.25, 0.3) is 0 Å². The van der Waals surface area contributed by atoms with Crippen molar-refractivity contribution in [3.05, 3.63) is 41.8 Å². The number of aromatic nitrogens is 1. The Bertz CT molecular complexity index is 658. The van der Waals surface area contributed by atoms with E-state index in [1.165, 1.54) is 0 Å². The quantitative estimate of drug-likeness (QED) is 0.911. The van der Waals surface area contributed by atoms with Crippen molar-refractivity contribution >= 4 is 5.97 Å². The highest BCUT2D eigenvalue weighted by atomic mass is 16.4. The van der Waals surface area contributed by atoms with E-state index in [-0.39, 0.29) is 17.0 Å². The number of benzene rings is 1. The Hall–Kier alpha value is -2.10. The van der Waals surface area contributed by atoms with Gasteiger partial charge in [-0.1, -0.05) is 38.5 Å². The lowest BCUT2D eigenvalue weighted by molar-refractivity contribution is 0.0686. The monoisotopic (exact) mass is 285 g/mol. The van der Waals surface area contributed by atoms with E-state index in [2.05, 4.69) is 18.8 Å². The number of oxazole rings is 1. The molecule has 4 heteroatoms. The van der Waals surface area contributed by atoms with E-state index in [0.29, 0.717) is 11.7 Å². The maximum absolute atomic E-state index is 11.5. The van der Waals surface area contributed by atoms with Gasteiger partial charge in [0.05, 0.1) is 0 Å². The highest BCUT2D eigenvalue weighted by molar-refractivity contribution is 5.87. The normalized spacial score (nSPS) is 20.6. The third-order valence-corrected chi connectivity index (χ3v) is 4.45. The number of rotatable bonds is 3. The molecule has 1 N–H and O–H groups in total. The molecule has 0 amide bonds. The van der Waals surface area contributed by atoms with Gasteiger partial charge in [0.1, 0.15) is 5.76 Å². The van der Waals surface area contributed by atoms with Crippen LogP contribution < -0.4 is 0 Å². The summed E-state index contributed by atoms with van der Waals surface area (Å²) in [5.41, 5.74) is 0.924. The van der Waals surface area contributed by atoms with E-state index >= 15 is 0 Å². The summed E-state index contributed by atoms with van der Waals surface area (Å²) in [4.78, 5) is 15.7. The first-order valence-electron chi connectivity index (χ1n) is 7.28. The third-order valence-electron chi connectivity index (χ3n) is 4.45. The molecule has 1 aliphatic carbocycles. The average molecular weight is 285 g/mol. The summed E-state index contributed by atoms with van der Waals surface area (Å²) < 4.78 is 5.89. The summed E-state index contributed by atoms with van der Waals surface area (Å²) in [7, 11) is 0. The number of hydrogen-bond donors (Lipinski definition) is 1. The Morgan fingerprint density at radius 2 is 2.05 bits per heavy atom. The lowest BCUT2D eigenvalue weighted by Crippen LogP contribution is -2.17. The molecule has 0 radical (unpaired) electrons. The molecule has 0 aliphatic heterocycles. The molecule has 1 aromatic heterocycles. The Balaban J connectivity index is 2.08. The van der Waals surface area contributed by atoms with Gasteiger partial charge in [-0.05, 0) is 30.4 Å². The number of carboxylic acids is 1. The molecule has 0 spiro atoms. The molecule has 1 atom stereocenters. The van der Waals surface area contributed by atoms with Crippen LogP contribution in [0.3, 0.4) is 0 Å². The first-order chi connectivity index (χ1) is 9.99. The topological polar surface area (TPSA) is 63.3 Å². The first kappa shape index (κ1) is 13.9. The molecule has 1 unspecified atom stereocenters. The number of nitrogens with zero attached hydrogens (tertiary/aromatic N) is 1. The molecule has 21 heavy (non-hydrogen) atoms. The lowest BCUT2D eigenvalue weighted by Gasteiger charge is -2.25. The van der Waals surface area contributed by atoms with Gasteiger partial charge in [0.2, 0.25) is 5.89 Å². The maximum atomic E-state index is 11.5. The van der Waals surface area contributed by atoms with Gasteiger partial charge in [-0.3, -0.25) is 0 Å². The summed E-state index contributed by atoms with van der Waals surface area (Å²) in [5.74, 6) is 0.0294. The molecule has 1 aliphatic rings. The largest absolute Gasteiger partial charge is 0.476 e. The highest BCUT2D eigenvalue weighted by Gasteiger charge is 2.40. The van der Waals surface area contributed by atoms with Crippen molar-refractivity contribution in [2.45, 2.75) is 39.0 Å². The van der Waals surface area contributed by atoms with Crippen LogP contribution in [0.15, 0.2) is 34.7 Å². The fourth-order valence-electron chi connectivity index (χ4n) is 3.24. The number of carboxylic acid groups (broad SMARTS) is 1. The second kappa shape index (κ2) is 5.02. The van der Waals surface area contributed by atoms with E-state index in [9.17, 15) is 9.90 Å². The summed E-state index contributed by atoms with van der Waals surface area (Å²) in [6.07, 6.45) is 3.13. The summed E-state index contributed by atoms with van der Waals surface area (Å²) >= 11 is 0. The molecule has 2 aromatic rings. The second-order valence-corrected chi connectivity index (χ2v) is 6.34. The maximum Gasteiger partial charge on any atom is 0.358 e. The van der Waals surface area contributed by atoms with Gasteiger partial charge >= 0.3 is 5.97 Å². The van der Waals surface area contributed by atoms with Crippen molar-refractivity contribution in [3.63, 3.8) is 0 Å². The summed E-state index contributed by atoms with van der Waals surface area (Å²) in [6.45, 7) is 4.34. The van der Waals surface area contributed by atoms with Crippen LogP contribution in [0.5, 0.6) is 0 Å². The van der Waals surface area contributed by atoms with Crippen molar-refractivity contribution in [1.82, 2.24) is 4.98 Å². The standard InChI is InChI=1S/C17H19NO3/c1-17(2)10-6-9-12(17)14-13(16(19)20)18-15(21-14)11-7-4-3-5-8-11/h3-5,7-8,12H,6,9-10H2,1-2H3,(H,19,20). The van der Waals surface area contributed by atoms with Crippen LogP contribution >= 0.6 is 0 Å². The number of hydrogen-bond acceptors (Lipinski definition) is 3. The van der Waals surface area contributed by atoms with Gasteiger partial charge < -0.3 is 9.52 Å². The predicted molar refractivity (Wildman–Crippen MR) is 79.3 cm³/mol. The molecule has 0 bridgehead atoms. The second-order valence-electron chi connectivity index (χ2n) is 6.34. The molecule has 4 nitrogen and oxygen atoms in total. The molecular formula is C17H19NO3. The zero-order chi connectivity index (χ0) is 15.0. The molecule has 1 saturated carbocycles. The predicted octanol–water partition coefficient (Wildman–Crippen LogP) is 4.33. The van der Waals surface area contributed by atoms with Crippen LogP contribution in [-0.4, -0.2) is 16.1 Å². The Morgan fingerprint density at radius 3 is 2.62 bits per heavy atom. The minimum atomic E-state index is -1.02. The number of aromatic carboxylic acids is 1. The van der Waals surface area contributed by atoms with Crippen molar-refractivity contribution in [1.29, 1.82) is 0 Å². The first-order valence-corrected chi connectivity index (χ1v) is 7.28. The van der Waals surface area contributed by atoms with E-state index < -0.39 is 5.97 Å². The zero-order valence-electron chi connectivity index (χ0n) is 12.3. The fourth-order valence-corrected chi connectivity index (χ4v) is 3.24. The van der Waals surface area contributed by atoms with E-state index in [4.69, 9.17) is 4.42 Å². The summed E-state index contributed by atoms with van der Waals surface area (Å²) in [6, 6.07) is 9.44. The van der Waals surface area contributed by atoms with E-state index in [1.54, 1.807) is 0 Å². The van der Waals surface area contributed by atoms with Crippen LogP contribution in [0, 0.1) is 5.41 Å². The van der Waals surface area contributed by atoms with Gasteiger partial charge in [-0.25, -0.2) is 9.78 Å². The number of carbonyl (C=O) groups is 1. The smallest absolute Gasteiger partial charge is 0.358 e.